The van der Waals surface area contributed by atoms with Crippen LogP contribution in [0.3, 0.4) is 0 Å². The molecule has 0 amide bonds. The van der Waals surface area contributed by atoms with Crippen LogP contribution in [0.5, 0.6) is 0 Å². The molecule has 0 aliphatic rings. The Balaban J connectivity index is 5.17. The van der Waals surface area contributed by atoms with Crippen molar-refractivity contribution in [2.45, 2.75) is 374 Å². The van der Waals surface area contributed by atoms with Crippen molar-refractivity contribution in [1.82, 2.24) is 0 Å². The second-order valence-electron chi connectivity index (χ2n) is 25.2. The zero-order valence-electron chi connectivity index (χ0n) is 56.9. The van der Waals surface area contributed by atoms with Crippen molar-refractivity contribution in [2.75, 3.05) is 39.6 Å². The van der Waals surface area contributed by atoms with Crippen LogP contribution < -0.4 is 0 Å². The van der Waals surface area contributed by atoms with Gasteiger partial charge in [0.15, 0.2) is 12.2 Å². The third-order valence-corrected chi connectivity index (χ3v) is 18.3. The highest BCUT2D eigenvalue weighted by Gasteiger charge is 2.30. The molecule has 0 bridgehead atoms. The molecule has 6 atom stereocenters. The zero-order chi connectivity index (χ0) is 64.9. The number of esters is 4. The van der Waals surface area contributed by atoms with E-state index in [9.17, 15) is 43.2 Å². The maximum absolute atomic E-state index is 13.0. The number of ether oxygens (including phenoxy) is 4. The van der Waals surface area contributed by atoms with Gasteiger partial charge in [0.05, 0.1) is 26.4 Å². The minimum absolute atomic E-state index is 0.104. The number of unbranched alkanes of at least 4 members (excludes halogenated alkanes) is 40. The summed E-state index contributed by atoms with van der Waals surface area (Å²) < 4.78 is 68.1. The zero-order valence-corrected chi connectivity index (χ0v) is 58.6. The standard InChI is InChI=1S/C69H134O17P2/c1-6-10-13-16-18-20-22-24-26-28-30-32-34-39-44-49-54-68(73)86-65(59-80-67(72)53-48-43-38-33-31-29-27-25-23-21-19-17-14-11-7-2)61-84-88(77,78)82-57-63(70)56-81-87(75,76)83-60-64(58-79-66(71)52-47-41-15-12-8-3)85-69(74)55-50-45-40-36-35-37-42-46-51-62(5)9-4/h62-65,70H,6-61H2,1-5H3,(H,75,76)(H,77,78)/t62?,63-,64+,65+/m0/s1. The van der Waals surface area contributed by atoms with Gasteiger partial charge in [-0.25, -0.2) is 9.13 Å². The first-order chi connectivity index (χ1) is 42.6. The summed E-state index contributed by atoms with van der Waals surface area (Å²) in [6, 6.07) is 0. The highest BCUT2D eigenvalue weighted by molar-refractivity contribution is 7.47. The van der Waals surface area contributed by atoms with Gasteiger partial charge in [-0.2, -0.15) is 0 Å². The van der Waals surface area contributed by atoms with E-state index in [0.29, 0.717) is 25.7 Å². The van der Waals surface area contributed by atoms with E-state index in [1.54, 1.807) is 0 Å². The molecule has 3 unspecified atom stereocenters. The topological polar surface area (TPSA) is 237 Å². The van der Waals surface area contributed by atoms with E-state index < -0.39 is 97.5 Å². The Morgan fingerprint density at radius 1 is 0.318 bits per heavy atom. The molecule has 17 nitrogen and oxygen atoms in total. The number of phosphoric ester groups is 2. The number of hydrogen-bond donors (Lipinski definition) is 3. The summed E-state index contributed by atoms with van der Waals surface area (Å²) in [4.78, 5) is 72.2. The summed E-state index contributed by atoms with van der Waals surface area (Å²) in [6.07, 6.45) is 48.9. The molecule has 0 aromatic rings. The van der Waals surface area contributed by atoms with Crippen molar-refractivity contribution < 1.29 is 80.2 Å². The largest absolute Gasteiger partial charge is 0.472 e. The minimum atomic E-state index is -4.95. The van der Waals surface area contributed by atoms with Gasteiger partial charge >= 0.3 is 39.5 Å². The first kappa shape index (κ1) is 86.1. The normalized spacial score (nSPS) is 14.4. The van der Waals surface area contributed by atoms with Gasteiger partial charge in [0.25, 0.3) is 0 Å². The van der Waals surface area contributed by atoms with E-state index in [4.69, 9.17) is 37.0 Å². The molecule has 522 valence electrons. The fourth-order valence-corrected chi connectivity index (χ4v) is 12.0. The summed E-state index contributed by atoms with van der Waals surface area (Å²) in [6.45, 7) is 7.15. The molecule has 0 saturated carbocycles. The minimum Gasteiger partial charge on any atom is -0.462 e. The smallest absolute Gasteiger partial charge is 0.462 e. The van der Waals surface area contributed by atoms with Crippen molar-refractivity contribution in [3.8, 4) is 0 Å². The van der Waals surface area contributed by atoms with Crippen LogP contribution in [-0.2, 0) is 65.4 Å². The average molecular weight is 1300 g/mol. The maximum atomic E-state index is 13.0. The first-order valence-corrected chi connectivity index (χ1v) is 39.2. The number of carbonyl (C=O) groups is 4. The van der Waals surface area contributed by atoms with Gasteiger partial charge in [0, 0.05) is 25.7 Å². The lowest BCUT2D eigenvalue weighted by atomic mass is 9.99. The first-order valence-electron chi connectivity index (χ1n) is 36.2. The molecule has 88 heavy (non-hydrogen) atoms. The predicted octanol–water partition coefficient (Wildman–Crippen LogP) is 19.7. The SMILES string of the molecule is CCCCCCCCCCCCCCCCCCC(=O)O[C@H](COC(=O)CCCCCCCCCCCCCCCCC)COP(=O)(O)OC[C@@H](O)COP(=O)(O)OC[C@@H](COC(=O)CCCCCCC)OC(=O)CCCCCCCCCCC(C)CC. The van der Waals surface area contributed by atoms with E-state index in [2.05, 4.69) is 34.6 Å². The van der Waals surface area contributed by atoms with E-state index in [1.807, 2.05) is 0 Å². The second-order valence-corrected chi connectivity index (χ2v) is 28.1. The molecular weight excluding hydrogens is 1160 g/mol. The molecule has 0 fully saturated rings. The fraction of sp³-hybridized carbons (Fsp3) is 0.942. The summed E-state index contributed by atoms with van der Waals surface area (Å²) in [5.74, 6) is -1.36. The molecule has 0 rings (SSSR count). The van der Waals surface area contributed by atoms with Gasteiger partial charge in [0.2, 0.25) is 0 Å². The van der Waals surface area contributed by atoms with Crippen molar-refractivity contribution in [3.05, 3.63) is 0 Å². The van der Waals surface area contributed by atoms with Crippen molar-refractivity contribution in [1.29, 1.82) is 0 Å². The fourth-order valence-electron chi connectivity index (χ4n) is 10.4. The molecule has 0 heterocycles. The monoisotopic (exact) mass is 1300 g/mol. The average Bonchev–Trinajstić information content (AvgIpc) is 3.67. The molecule has 19 heteroatoms. The lowest BCUT2D eigenvalue weighted by molar-refractivity contribution is -0.161. The highest BCUT2D eigenvalue weighted by atomic mass is 31.2. The number of rotatable bonds is 69. The van der Waals surface area contributed by atoms with Crippen molar-refractivity contribution in [2.24, 2.45) is 5.92 Å². The lowest BCUT2D eigenvalue weighted by Crippen LogP contribution is -2.30. The Kier molecular flexibility index (Phi) is 61.1. The molecule has 0 radical (unpaired) electrons. The molecule has 0 aromatic heterocycles. The molecule has 0 spiro atoms. The van der Waals surface area contributed by atoms with E-state index in [0.717, 1.165) is 102 Å². The molecule has 0 saturated heterocycles. The van der Waals surface area contributed by atoms with Crippen LogP contribution in [0, 0.1) is 5.92 Å². The number of aliphatic hydroxyl groups excluding tert-OH is 1. The van der Waals surface area contributed by atoms with Crippen LogP contribution in [-0.4, -0.2) is 96.7 Å². The van der Waals surface area contributed by atoms with Crippen molar-refractivity contribution >= 4 is 39.5 Å². The molecular formula is C69H134O17P2. The number of carbonyl (C=O) groups excluding carboxylic acids is 4. The maximum Gasteiger partial charge on any atom is 0.472 e. The van der Waals surface area contributed by atoms with Gasteiger partial charge < -0.3 is 33.8 Å². The van der Waals surface area contributed by atoms with Crippen LogP contribution in [0.1, 0.15) is 356 Å². The Bertz CT molecular complexity index is 1710. The van der Waals surface area contributed by atoms with E-state index in [-0.39, 0.29) is 25.7 Å². The van der Waals surface area contributed by atoms with Crippen molar-refractivity contribution in [3.63, 3.8) is 0 Å². The Morgan fingerprint density at radius 3 is 0.807 bits per heavy atom. The van der Waals surface area contributed by atoms with Crippen LogP contribution in [0.15, 0.2) is 0 Å². The van der Waals surface area contributed by atoms with E-state index in [1.165, 1.54) is 173 Å². The van der Waals surface area contributed by atoms with Crippen LogP contribution >= 0.6 is 15.6 Å². The molecule has 0 aliphatic heterocycles. The molecule has 3 N–H and O–H groups in total. The second kappa shape index (κ2) is 62.5. The van der Waals surface area contributed by atoms with E-state index >= 15 is 0 Å². The van der Waals surface area contributed by atoms with Gasteiger partial charge in [-0.1, -0.05) is 304 Å². The predicted molar refractivity (Wildman–Crippen MR) is 354 cm³/mol. The summed E-state index contributed by atoms with van der Waals surface area (Å²) in [5, 5.41) is 10.6. The van der Waals surface area contributed by atoms with Gasteiger partial charge in [-0.15, -0.1) is 0 Å². The number of phosphoric acid groups is 2. The molecule has 0 aliphatic carbocycles. The van der Waals surface area contributed by atoms with Gasteiger partial charge in [0.1, 0.15) is 19.3 Å². The number of hydrogen-bond acceptors (Lipinski definition) is 15. The summed E-state index contributed by atoms with van der Waals surface area (Å²) in [5.41, 5.74) is 0. The van der Waals surface area contributed by atoms with Crippen LogP contribution in [0.25, 0.3) is 0 Å². The van der Waals surface area contributed by atoms with Crippen LogP contribution in [0.2, 0.25) is 0 Å². The molecule has 0 aromatic carbocycles. The quantitative estimate of drug-likeness (QED) is 0.0222. The lowest BCUT2D eigenvalue weighted by Gasteiger charge is -2.21. The van der Waals surface area contributed by atoms with Crippen LogP contribution in [0.4, 0.5) is 0 Å². The number of aliphatic hydroxyl groups is 1. The Hall–Kier alpha value is -1.94. The summed E-state index contributed by atoms with van der Waals surface area (Å²) >= 11 is 0. The highest BCUT2D eigenvalue weighted by Crippen LogP contribution is 2.45. The van der Waals surface area contributed by atoms with Gasteiger partial charge in [-0.3, -0.25) is 37.3 Å². The Labute approximate surface area is 537 Å². The Morgan fingerprint density at radius 2 is 0.545 bits per heavy atom. The third-order valence-electron chi connectivity index (χ3n) is 16.4. The summed E-state index contributed by atoms with van der Waals surface area (Å²) in [7, 11) is -9.89. The third kappa shape index (κ3) is 61.6. The van der Waals surface area contributed by atoms with Gasteiger partial charge in [-0.05, 0) is 31.6 Å².